The first-order chi connectivity index (χ1) is 16.9. The van der Waals surface area contributed by atoms with Gasteiger partial charge >= 0.3 is 0 Å². The van der Waals surface area contributed by atoms with Crippen LogP contribution >= 0.6 is 11.6 Å². The third kappa shape index (κ3) is 4.50. The Morgan fingerprint density at radius 1 is 1.09 bits per heavy atom. The lowest BCUT2D eigenvalue weighted by Crippen LogP contribution is -2.25. The summed E-state index contributed by atoms with van der Waals surface area (Å²) < 4.78 is 8.51. The lowest BCUT2D eigenvalue weighted by molar-refractivity contribution is -0.116. The summed E-state index contributed by atoms with van der Waals surface area (Å²) in [5, 5.41) is 4.23. The normalized spacial score (nSPS) is 11.2. The van der Waals surface area contributed by atoms with Crippen LogP contribution in [0.1, 0.15) is 11.1 Å². The van der Waals surface area contributed by atoms with E-state index in [1.54, 1.807) is 46.8 Å². The Morgan fingerprint density at radius 3 is 2.63 bits per heavy atom. The first-order valence-corrected chi connectivity index (χ1v) is 11.5. The summed E-state index contributed by atoms with van der Waals surface area (Å²) in [6.07, 6.45) is 1.56. The van der Waals surface area contributed by atoms with Crippen molar-refractivity contribution in [3.8, 4) is 5.75 Å². The number of hydrogen-bond acceptors (Lipinski definition) is 4. The molecule has 0 spiro atoms. The molecule has 0 aliphatic rings. The van der Waals surface area contributed by atoms with Gasteiger partial charge in [0, 0.05) is 16.1 Å². The van der Waals surface area contributed by atoms with Crippen molar-refractivity contribution in [2.45, 2.75) is 20.0 Å². The highest BCUT2D eigenvalue weighted by atomic mass is 35.5. The van der Waals surface area contributed by atoms with Gasteiger partial charge in [0.05, 0.1) is 25.5 Å². The van der Waals surface area contributed by atoms with Crippen LogP contribution in [0.3, 0.4) is 0 Å². The minimum absolute atomic E-state index is 0.0426. The van der Waals surface area contributed by atoms with E-state index in [0.29, 0.717) is 28.3 Å². The van der Waals surface area contributed by atoms with Crippen molar-refractivity contribution in [1.82, 2.24) is 14.1 Å². The Bertz CT molecular complexity index is 1620. The van der Waals surface area contributed by atoms with E-state index in [9.17, 15) is 9.59 Å². The minimum Gasteiger partial charge on any atom is -0.497 e. The fourth-order valence-corrected chi connectivity index (χ4v) is 4.42. The quantitative estimate of drug-likeness (QED) is 0.366. The zero-order valence-electron chi connectivity index (χ0n) is 19.3. The highest BCUT2D eigenvalue weighted by Gasteiger charge is 2.19. The Hall–Kier alpha value is -4.10. The van der Waals surface area contributed by atoms with E-state index in [2.05, 4.69) is 10.3 Å². The van der Waals surface area contributed by atoms with E-state index in [-0.39, 0.29) is 18.0 Å². The van der Waals surface area contributed by atoms with Gasteiger partial charge in [-0.3, -0.25) is 14.2 Å². The molecule has 1 amide bonds. The molecule has 0 aliphatic carbocycles. The first-order valence-electron chi connectivity index (χ1n) is 11.1. The molecular formula is C27H23ClN4O3. The zero-order valence-corrected chi connectivity index (χ0v) is 20.0. The maximum atomic E-state index is 13.6. The molecule has 35 heavy (non-hydrogen) atoms. The summed E-state index contributed by atoms with van der Waals surface area (Å²) in [5.41, 5.74) is 4.11. The standard InChI is InChI=1S/C27H23ClN4O3/c1-17-6-11-23-22(12-17)25-26(32(23)15-24(33)30-20-5-3-4-19(28)13-20)27(34)31(16-29-25)14-18-7-9-21(35-2)10-8-18/h3-13,16H,14-15H2,1-2H3,(H,30,33). The molecule has 0 unspecified atom stereocenters. The Kier molecular flexibility index (Phi) is 6.01. The monoisotopic (exact) mass is 486 g/mol. The number of benzene rings is 3. The maximum absolute atomic E-state index is 13.6. The molecule has 7 nitrogen and oxygen atoms in total. The number of carbonyl (C=O) groups excluding carboxylic acids is 1. The molecule has 0 aliphatic heterocycles. The molecule has 5 aromatic rings. The van der Waals surface area contributed by atoms with E-state index < -0.39 is 0 Å². The fourth-order valence-electron chi connectivity index (χ4n) is 4.23. The predicted octanol–water partition coefficient (Wildman–Crippen LogP) is 5.01. The van der Waals surface area contributed by atoms with E-state index in [1.165, 1.54) is 0 Å². The molecule has 0 saturated carbocycles. The molecule has 3 aromatic carbocycles. The lowest BCUT2D eigenvalue weighted by Gasteiger charge is -2.10. The number of halogens is 1. The van der Waals surface area contributed by atoms with Crippen molar-refractivity contribution in [1.29, 1.82) is 0 Å². The number of amides is 1. The van der Waals surface area contributed by atoms with Gasteiger partial charge in [-0.25, -0.2) is 4.98 Å². The van der Waals surface area contributed by atoms with Crippen LogP contribution in [0.4, 0.5) is 5.69 Å². The van der Waals surface area contributed by atoms with E-state index in [1.807, 2.05) is 49.4 Å². The number of aryl methyl sites for hydroxylation is 1. The van der Waals surface area contributed by atoms with Crippen molar-refractivity contribution in [2.75, 3.05) is 12.4 Å². The van der Waals surface area contributed by atoms with Crippen molar-refractivity contribution < 1.29 is 9.53 Å². The number of nitrogens with zero attached hydrogens (tertiary/aromatic N) is 3. The number of rotatable bonds is 6. The van der Waals surface area contributed by atoms with Crippen LogP contribution in [-0.2, 0) is 17.9 Å². The molecule has 0 atom stereocenters. The van der Waals surface area contributed by atoms with Crippen molar-refractivity contribution in [3.05, 3.63) is 99.6 Å². The van der Waals surface area contributed by atoms with Crippen LogP contribution in [0.2, 0.25) is 5.02 Å². The molecule has 2 heterocycles. The third-order valence-corrected chi connectivity index (χ3v) is 6.14. The summed E-state index contributed by atoms with van der Waals surface area (Å²) in [7, 11) is 1.61. The Balaban J connectivity index is 1.58. The smallest absolute Gasteiger partial charge is 0.278 e. The maximum Gasteiger partial charge on any atom is 0.278 e. The summed E-state index contributed by atoms with van der Waals surface area (Å²) in [4.78, 5) is 31.3. The van der Waals surface area contributed by atoms with Crippen LogP contribution in [0.5, 0.6) is 5.75 Å². The molecule has 0 saturated heterocycles. The van der Waals surface area contributed by atoms with Crippen molar-refractivity contribution in [3.63, 3.8) is 0 Å². The fraction of sp³-hybridized carbons (Fsp3) is 0.148. The minimum atomic E-state index is -0.267. The molecule has 5 rings (SSSR count). The van der Waals surface area contributed by atoms with E-state index in [4.69, 9.17) is 16.3 Å². The molecule has 2 aromatic heterocycles. The van der Waals surface area contributed by atoms with Crippen LogP contribution in [0, 0.1) is 6.92 Å². The second-order valence-electron chi connectivity index (χ2n) is 8.39. The van der Waals surface area contributed by atoms with Crippen molar-refractivity contribution in [2.24, 2.45) is 0 Å². The summed E-state index contributed by atoms with van der Waals surface area (Å²) >= 11 is 6.05. The van der Waals surface area contributed by atoms with Gasteiger partial charge in [0.15, 0.2) is 0 Å². The predicted molar refractivity (Wildman–Crippen MR) is 138 cm³/mol. The molecular weight excluding hydrogens is 464 g/mol. The molecule has 0 bridgehead atoms. The number of carbonyl (C=O) groups is 1. The number of fused-ring (bicyclic) bond motifs is 3. The zero-order chi connectivity index (χ0) is 24.5. The molecule has 0 radical (unpaired) electrons. The molecule has 1 N–H and O–H groups in total. The average molecular weight is 487 g/mol. The number of methoxy groups -OCH3 is 1. The van der Waals surface area contributed by atoms with Crippen LogP contribution < -0.4 is 15.6 Å². The molecule has 8 heteroatoms. The van der Waals surface area contributed by atoms with Gasteiger partial charge in [0.2, 0.25) is 5.91 Å². The largest absolute Gasteiger partial charge is 0.497 e. The summed E-state index contributed by atoms with van der Waals surface area (Å²) in [5.74, 6) is 0.479. The number of nitrogens with one attached hydrogen (secondary N) is 1. The van der Waals surface area contributed by atoms with Gasteiger partial charge in [-0.1, -0.05) is 41.4 Å². The Morgan fingerprint density at radius 2 is 1.89 bits per heavy atom. The van der Waals surface area contributed by atoms with Gasteiger partial charge in [-0.05, 0) is 55.0 Å². The molecule has 0 fully saturated rings. The van der Waals surface area contributed by atoms with Gasteiger partial charge in [-0.2, -0.15) is 0 Å². The molecule has 176 valence electrons. The van der Waals surface area contributed by atoms with Crippen molar-refractivity contribution >= 4 is 45.1 Å². The highest BCUT2D eigenvalue weighted by Crippen LogP contribution is 2.27. The number of aromatic nitrogens is 3. The number of ether oxygens (including phenoxy) is 1. The third-order valence-electron chi connectivity index (χ3n) is 5.90. The second-order valence-corrected chi connectivity index (χ2v) is 8.82. The van der Waals surface area contributed by atoms with Gasteiger partial charge in [-0.15, -0.1) is 0 Å². The first kappa shape index (κ1) is 22.7. The van der Waals surface area contributed by atoms with E-state index >= 15 is 0 Å². The van der Waals surface area contributed by atoms with Crippen LogP contribution in [0.15, 0.2) is 77.9 Å². The van der Waals surface area contributed by atoms with Gasteiger partial charge in [0.1, 0.15) is 23.3 Å². The number of hydrogen-bond donors (Lipinski definition) is 1. The van der Waals surface area contributed by atoms with Gasteiger partial charge < -0.3 is 14.6 Å². The average Bonchev–Trinajstić information content (AvgIpc) is 3.14. The van der Waals surface area contributed by atoms with Gasteiger partial charge in [0.25, 0.3) is 5.56 Å². The summed E-state index contributed by atoms with van der Waals surface area (Å²) in [6.45, 7) is 2.29. The lowest BCUT2D eigenvalue weighted by atomic mass is 10.1. The Labute approximate surface area is 206 Å². The second kappa shape index (κ2) is 9.27. The topological polar surface area (TPSA) is 78.2 Å². The summed E-state index contributed by atoms with van der Waals surface area (Å²) in [6, 6.07) is 20.4. The highest BCUT2D eigenvalue weighted by molar-refractivity contribution is 6.30. The van der Waals surface area contributed by atoms with E-state index in [0.717, 1.165) is 27.8 Å². The SMILES string of the molecule is COc1ccc(Cn2cnc3c4cc(C)ccc4n(CC(=O)Nc4cccc(Cl)c4)c3c2=O)cc1. The number of anilines is 1. The van der Waals surface area contributed by atoms with Crippen LogP contribution in [0.25, 0.3) is 21.9 Å². The van der Waals surface area contributed by atoms with Crippen LogP contribution in [-0.4, -0.2) is 27.1 Å².